The van der Waals surface area contributed by atoms with Crippen LogP contribution < -0.4 is 5.32 Å². The molecule has 0 bridgehead atoms. The van der Waals surface area contributed by atoms with Crippen LogP contribution in [0.15, 0.2) is 24.3 Å². The first-order chi connectivity index (χ1) is 6.24. The number of amides is 1. The molecule has 0 fully saturated rings. The minimum atomic E-state index is 0.0190. The molecule has 0 aromatic heterocycles. The summed E-state index contributed by atoms with van der Waals surface area (Å²) in [7, 11) is 0. The van der Waals surface area contributed by atoms with E-state index in [2.05, 4.69) is 5.32 Å². The monoisotopic (exact) mass is 177 g/mol. The van der Waals surface area contributed by atoms with Crippen molar-refractivity contribution in [3.8, 4) is 0 Å². The van der Waals surface area contributed by atoms with E-state index in [1.807, 2.05) is 38.1 Å². The van der Waals surface area contributed by atoms with Gasteiger partial charge >= 0.3 is 0 Å². The summed E-state index contributed by atoms with van der Waals surface area (Å²) in [6, 6.07) is 7.61. The van der Waals surface area contributed by atoms with Crippen LogP contribution >= 0.6 is 0 Å². The second kappa shape index (κ2) is 4.65. The molecule has 2 heteroatoms. The zero-order valence-electron chi connectivity index (χ0n) is 8.13. The fourth-order valence-electron chi connectivity index (χ4n) is 1.13. The molecule has 0 spiro atoms. The second-order valence-electron chi connectivity index (χ2n) is 3.13. The van der Waals surface area contributed by atoms with Crippen molar-refractivity contribution >= 4 is 5.91 Å². The van der Waals surface area contributed by atoms with E-state index in [0.717, 1.165) is 24.1 Å². The highest BCUT2D eigenvalue weighted by Crippen LogP contribution is 2.03. The number of hydrogen-bond acceptors (Lipinski definition) is 1. The third kappa shape index (κ3) is 2.90. The zero-order chi connectivity index (χ0) is 9.68. The van der Waals surface area contributed by atoms with Crippen molar-refractivity contribution in [2.24, 2.45) is 0 Å². The number of carbonyl (C=O) groups excluding carboxylic acids is 1. The standard InChI is InChI=1S/C11H15NO/c1-3-7-12-11(13)10-6-4-5-9(2)8-10/h4-6,8H,3,7H2,1-2H3,(H,12,13). The number of carbonyl (C=O) groups is 1. The largest absolute Gasteiger partial charge is 0.352 e. The molecule has 0 aliphatic carbocycles. The topological polar surface area (TPSA) is 29.1 Å². The van der Waals surface area contributed by atoms with Crippen molar-refractivity contribution in [2.45, 2.75) is 20.3 Å². The van der Waals surface area contributed by atoms with Crippen molar-refractivity contribution in [1.82, 2.24) is 5.32 Å². The van der Waals surface area contributed by atoms with Crippen LogP contribution in [0.25, 0.3) is 0 Å². The number of rotatable bonds is 3. The summed E-state index contributed by atoms with van der Waals surface area (Å²) in [5.41, 5.74) is 1.86. The smallest absolute Gasteiger partial charge is 0.251 e. The average Bonchev–Trinajstić information content (AvgIpc) is 2.14. The lowest BCUT2D eigenvalue weighted by atomic mass is 10.1. The first-order valence-corrected chi connectivity index (χ1v) is 4.59. The first-order valence-electron chi connectivity index (χ1n) is 4.59. The fraction of sp³-hybridized carbons (Fsp3) is 0.364. The Kier molecular flexibility index (Phi) is 3.50. The maximum Gasteiger partial charge on any atom is 0.251 e. The Morgan fingerprint density at radius 3 is 2.85 bits per heavy atom. The molecule has 0 aliphatic heterocycles. The highest BCUT2D eigenvalue weighted by atomic mass is 16.1. The van der Waals surface area contributed by atoms with Crippen molar-refractivity contribution < 1.29 is 4.79 Å². The number of benzene rings is 1. The third-order valence-electron chi connectivity index (χ3n) is 1.82. The van der Waals surface area contributed by atoms with Crippen molar-refractivity contribution in [3.05, 3.63) is 35.4 Å². The lowest BCUT2D eigenvalue weighted by Crippen LogP contribution is -2.23. The number of aryl methyl sites for hydroxylation is 1. The molecule has 0 heterocycles. The Balaban J connectivity index is 2.66. The minimum Gasteiger partial charge on any atom is -0.352 e. The average molecular weight is 177 g/mol. The van der Waals surface area contributed by atoms with Gasteiger partial charge in [-0.2, -0.15) is 0 Å². The van der Waals surface area contributed by atoms with Gasteiger partial charge in [-0.3, -0.25) is 4.79 Å². The molecule has 1 rings (SSSR count). The van der Waals surface area contributed by atoms with Gasteiger partial charge in [0, 0.05) is 12.1 Å². The molecule has 1 N–H and O–H groups in total. The Bertz CT molecular complexity index is 294. The van der Waals surface area contributed by atoms with Gasteiger partial charge in [0.25, 0.3) is 5.91 Å². The molecule has 0 aliphatic rings. The molecule has 0 atom stereocenters. The van der Waals surface area contributed by atoms with Crippen molar-refractivity contribution in [3.63, 3.8) is 0 Å². The van der Waals surface area contributed by atoms with E-state index in [-0.39, 0.29) is 5.91 Å². The summed E-state index contributed by atoms with van der Waals surface area (Å²) in [5.74, 6) is 0.0190. The Morgan fingerprint density at radius 2 is 2.23 bits per heavy atom. The van der Waals surface area contributed by atoms with Crippen LogP contribution in [-0.2, 0) is 0 Å². The summed E-state index contributed by atoms with van der Waals surface area (Å²) in [4.78, 5) is 11.4. The van der Waals surface area contributed by atoms with Crippen LogP contribution in [0.2, 0.25) is 0 Å². The summed E-state index contributed by atoms with van der Waals surface area (Å²) in [6.07, 6.45) is 0.970. The summed E-state index contributed by atoms with van der Waals surface area (Å²) in [5, 5.41) is 2.84. The van der Waals surface area contributed by atoms with E-state index in [1.165, 1.54) is 0 Å². The maximum atomic E-state index is 11.4. The minimum absolute atomic E-state index is 0.0190. The Labute approximate surface area is 79.0 Å². The predicted octanol–water partition coefficient (Wildman–Crippen LogP) is 2.13. The predicted molar refractivity (Wildman–Crippen MR) is 53.8 cm³/mol. The highest BCUT2D eigenvalue weighted by Gasteiger charge is 2.02. The van der Waals surface area contributed by atoms with Gasteiger partial charge in [-0.25, -0.2) is 0 Å². The van der Waals surface area contributed by atoms with Gasteiger partial charge in [0.15, 0.2) is 0 Å². The summed E-state index contributed by atoms with van der Waals surface area (Å²) < 4.78 is 0. The van der Waals surface area contributed by atoms with Crippen molar-refractivity contribution in [1.29, 1.82) is 0 Å². The Hall–Kier alpha value is -1.31. The van der Waals surface area contributed by atoms with E-state index in [4.69, 9.17) is 0 Å². The van der Waals surface area contributed by atoms with Gasteiger partial charge in [0.05, 0.1) is 0 Å². The molecular formula is C11H15NO. The number of nitrogens with one attached hydrogen (secondary N) is 1. The van der Waals surface area contributed by atoms with Crippen molar-refractivity contribution in [2.75, 3.05) is 6.54 Å². The third-order valence-corrected chi connectivity index (χ3v) is 1.82. The molecule has 2 nitrogen and oxygen atoms in total. The second-order valence-corrected chi connectivity index (χ2v) is 3.13. The van der Waals surface area contributed by atoms with E-state index >= 15 is 0 Å². The molecule has 0 saturated carbocycles. The fourth-order valence-corrected chi connectivity index (χ4v) is 1.13. The molecule has 1 amide bonds. The first kappa shape index (κ1) is 9.78. The van der Waals surface area contributed by atoms with Gasteiger partial charge < -0.3 is 5.32 Å². The van der Waals surface area contributed by atoms with E-state index in [1.54, 1.807) is 0 Å². The van der Waals surface area contributed by atoms with Gasteiger partial charge in [0.1, 0.15) is 0 Å². The molecular weight excluding hydrogens is 162 g/mol. The maximum absolute atomic E-state index is 11.4. The van der Waals surface area contributed by atoms with Crippen LogP contribution in [-0.4, -0.2) is 12.5 Å². The van der Waals surface area contributed by atoms with Gasteiger partial charge in [-0.05, 0) is 25.5 Å². The lowest BCUT2D eigenvalue weighted by molar-refractivity contribution is 0.0953. The molecule has 70 valence electrons. The van der Waals surface area contributed by atoms with Crippen LogP contribution in [0.4, 0.5) is 0 Å². The molecule has 13 heavy (non-hydrogen) atoms. The lowest BCUT2D eigenvalue weighted by Gasteiger charge is -2.03. The molecule has 0 unspecified atom stereocenters. The van der Waals surface area contributed by atoms with Crippen LogP contribution in [0, 0.1) is 6.92 Å². The molecule has 0 saturated heterocycles. The quantitative estimate of drug-likeness (QED) is 0.753. The van der Waals surface area contributed by atoms with Gasteiger partial charge in [0.2, 0.25) is 0 Å². The SMILES string of the molecule is CCCNC(=O)c1cccc(C)c1. The van der Waals surface area contributed by atoms with Crippen LogP contribution in [0.5, 0.6) is 0 Å². The number of hydrogen-bond donors (Lipinski definition) is 1. The van der Waals surface area contributed by atoms with Crippen LogP contribution in [0.1, 0.15) is 29.3 Å². The van der Waals surface area contributed by atoms with Crippen LogP contribution in [0.3, 0.4) is 0 Å². The normalized spacial score (nSPS) is 9.69. The van der Waals surface area contributed by atoms with Gasteiger partial charge in [-0.15, -0.1) is 0 Å². The molecule has 1 aromatic carbocycles. The summed E-state index contributed by atoms with van der Waals surface area (Å²) >= 11 is 0. The molecule has 1 aromatic rings. The van der Waals surface area contributed by atoms with Gasteiger partial charge in [-0.1, -0.05) is 24.6 Å². The Morgan fingerprint density at radius 1 is 1.46 bits per heavy atom. The zero-order valence-corrected chi connectivity index (χ0v) is 8.13. The highest BCUT2D eigenvalue weighted by molar-refractivity contribution is 5.94. The van der Waals surface area contributed by atoms with E-state index < -0.39 is 0 Å². The summed E-state index contributed by atoms with van der Waals surface area (Å²) in [6.45, 7) is 4.76. The molecule has 0 radical (unpaired) electrons. The van der Waals surface area contributed by atoms with E-state index in [9.17, 15) is 4.79 Å². The van der Waals surface area contributed by atoms with E-state index in [0.29, 0.717) is 0 Å².